The second-order valence-corrected chi connectivity index (χ2v) is 6.76. The Labute approximate surface area is 124 Å². The normalized spacial score (nSPS) is 20.1. The SMILES string of the molecule is CC(C)(C)CC(CC(=O)O)NC(=O)N1CCCC1C(N)=O. The first-order valence-corrected chi connectivity index (χ1v) is 7.18. The number of aliphatic carboxylic acids is 1. The Morgan fingerprint density at radius 2 is 2.00 bits per heavy atom. The molecule has 3 amide bonds. The number of hydrogen-bond donors (Lipinski definition) is 3. The Hall–Kier alpha value is -1.79. The number of carboxylic acid groups (broad SMARTS) is 1. The number of hydrogen-bond acceptors (Lipinski definition) is 3. The largest absolute Gasteiger partial charge is 0.481 e. The molecule has 120 valence electrons. The number of urea groups is 1. The molecule has 0 aromatic rings. The number of nitrogens with two attached hydrogens (primary N) is 1. The van der Waals surface area contributed by atoms with Gasteiger partial charge in [-0.2, -0.15) is 0 Å². The molecule has 1 heterocycles. The standard InChI is InChI=1S/C14H25N3O4/c1-14(2,3)8-9(7-11(18)19)16-13(21)17-6-4-5-10(17)12(15)20/h9-10H,4-8H2,1-3H3,(H2,15,20)(H,16,21)(H,18,19). The Balaban J connectivity index is 2.71. The predicted molar refractivity (Wildman–Crippen MR) is 77.6 cm³/mol. The Kier molecular flexibility index (Phi) is 5.57. The van der Waals surface area contributed by atoms with Crippen LogP contribution in [0.4, 0.5) is 4.79 Å². The van der Waals surface area contributed by atoms with E-state index in [2.05, 4.69) is 5.32 Å². The monoisotopic (exact) mass is 299 g/mol. The number of nitrogens with zero attached hydrogens (tertiary/aromatic N) is 1. The van der Waals surface area contributed by atoms with Crippen LogP contribution in [-0.2, 0) is 9.59 Å². The van der Waals surface area contributed by atoms with E-state index in [1.54, 1.807) is 0 Å². The zero-order valence-electron chi connectivity index (χ0n) is 12.9. The van der Waals surface area contributed by atoms with Crippen LogP contribution in [0.2, 0.25) is 0 Å². The lowest BCUT2D eigenvalue weighted by atomic mass is 9.87. The molecular formula is C14H25N3O4. The van der Waals surface area contributed by atoms with Crippen molar-refractivity contribution in [2.75, 3.05) is 6.54 Å². The molecule has 1 aliphatic rings. The molecule has 7 heteroatoms. The average molecular weight is 299 g/mol. The summed E-state index contributed by atoms with van der Waals surface area (Å²) < 4.78 is 0. The zero-order chi connectivity index (χ0) is 16.2. The highest BCUT2D eigenvalue weighted by atomic mass is 16.4. The lowest BCUT2D eigenvalue weighted by Crippen LogP contribution is -2.51. The molecule has 2 unspecified atom stereocenters. The topological polar surface area (TPSA) is 113 Å². The van der Waals surface area contributed by atoms with E-state index < -0.39 is 30.0 Å². The van der Waals surface area contributed by atoms with Crippen molar-refractivity contribution < 1.29 is 19.5 Å². The number of carbonyl (C=O) groups excluding carboxylic acids is 2. The minimum Gasteiger partial charge on any atom is -0.481 e. The average Bonchev–Trinajstić information content (AvgIpc) is 2.73. The molecular weight excluding hydrogens is 274 g/mol. The summed E-state index contributed by atoms with van der Waals surface area (Å²) in [5.74, 6) is -1.48. The summed E-state index contributed by atoms with van der Waals surface area (Å²) in [5, 5.41) is 11.7. The first kappa shape index (κ1) is 17.3. The molecule has 0 saturated carbocycles. The highest BCUT2D eigenvalue weighted by molar-refractivity contribution is 5.86. The van der Waals surface area contributed by atoms with Crippen LogP contribution in [0.1, 0.15) is 46.5 Å². The van der Waals surface area contributed by atoms with Crippen LogP contribution in [0.15, 0.2) is 0 Å². The number of primary amides is 1. The van der Waals surface area contributed by atoms with Crippen LogP contribution in [0, 0.1) is 5.41 Å². The maximum atomic E-state index is 12.3. The number of likely N-dealkylation sites (tertiary alicyclic amines) is 1. The number of amides is 3. The van der Waals surface area contributed by atoms with Gasteiger partial charge in [0, 0.05) is 12.6 Å². The lowest BCUT2D eigenvalue weighted by Gasteiger charge is -2.29. The van der Waals surface area contributed by atoms with E-state index in [4.69, 9.17) is 10.8 Å². The summed E-state index contributed by atoms with van der Waals surface area (Å²) >= 11 is 0. The molecule has 0 bridgehead atoms. The molecule has 0 aromatic carbocycles. The van der Waals surface area contributed by atoms with Crippen molar-refractivity contribution in [3.05, 3.63) is 0 Å². The molecule has 1 rings (SSSR count). The minimum atomic E-state index is -0.961. The third kappa shape index (κ3) is 5.61. The number of carboxylic acids is 1. The van der Waals surface area contributed by atoms with E-state index in [9.17, 15) is 14.4 Å². The lowest BCUT2D eigenvalue weighted by molar-refractivity contribution is -0.137. The Bertz CT molecular complexity index is 417. The zero-order valence-corrected chi connectivity index (χ0v) is 12.9. The molecule has 2 atom stereocenters. The van der Waals surface area contributed by atoms with Crippen LogP contribution < -0.4 is 11.1 Å². The maximum absolute atomic E-state index is 12.3. The maximum Gasteiger partial charge on any atom is 0.318 e. The predicted octanol–water partition coefficient (Wildman–Crippen LogP) is 0.925. The van der Waals surface area contributed by atoms with Gasteiger partial charge in [0.05, 0.1) is 6.42 Å². The quantitative estimate of drug-likeness (QED) is 0.700. The fourth-order valence-electron chi connectivity index (χ4n) is 2.69. The molecule has 0 spiro atoms. The van der Waals surface area contributed by atoms with Gasteiger partial charge in [-0.25, -0.2) is 4.79 Å². The van der Waals surface area contributed by atoms with Crippen LogP contribution in [0.5, 0.6) is 0 Å². The van der Waals surface area contributed by atoms with Gasteiger partial charge >= 0.3 is 12.0 Å². The molecule has 0 aromatic heterocycles. The van der Waals surface area contributed by atoms with Crippen molar-refractivity contribution in [3.63, 3.8) is 0 Å². The fourth-order valence-corrected chi connectivity index (χ4v) is 2.69. The number of nitrogens with one attached hydrogen (secondary N) is 1. The van der Waals surface area contributed by atoms with E-state index in [-0.39, 0.29) is 11.8 Å². The molecule has 4 N–H and O–H groups in total. The van der Waals surface area contributed by atoms with Crippen LogP contribution in [-0.4, -0.2) is 46.5 Å². The van der Waals surface area contributed by atoms with Crippen LogP contribution in [0.3, 0.4) is 0 Å². The van der Waals surface area contributed by atoms with Gasteiger partial charge in [0.15, 0.2) is 0 Å². The van der Waals surface area contributed by atoms with E-state index in [1.807, 2.05) is 20.8 Å². The van der Waals surface area contributed by atoms with Gasteiger partial charge in [-0.05, 0) is 24.7 Å². The highest BCUT2D eigenvalue weighted by Crippen LogP contribution is 2.23. The second kappa shape index (κ2) is 6.78. The smallest absolute Gasteiger partial charge is 0.318 e. The molecule has 21 heavy (non-hydrogen) atoms. The van der Waals surface area contributed by atoms with Crippen LogP contribution >= 0.6 is 0 Å². The minimum absolute atomic E-state index is 0.110. The van der Waals surface area contributed by atoms with Gasteiger partial charge in [0.2, 0.25) is 5.91 Å². The van der Waals surface area contributed by atoms with Crippen molar-refractivity contribution in [2.45, 2.75) is 58.5 Å². The summed E-state index contributed by atoms with van der Waals surface area (Å²) in [4.78, 5) is 35.9. The highest BCUT2D eigenvalue weighted by Gasteiger charge is 2.34. The van der Waals surface area contributed by atoms with Gasteiger partial charge in [-0.15, -0.1) is 0 Å². The van der Waals surface area contributed by atoms with Crippen molar-refractivity contribution in [3.8, 4) is 0 Å². The van der Waals surface area contributed by atoms with Gasteiger partial charge in [0.25, 0.3) is 0 Å². The summed E-state index contributed by atoms with van der Waals surface area (Å²) in [5.41, 5.74) is 5.17. The number of carbonyl (C=O) groups is 3. The third-order valence-electron chi connectivity index (χ3n) is 3.45. The van der Waals surface area contributed by atoms with Crippen molar-refractivity contribution in [1.29, 1.82) is 0 Å². The second-order valence-electron chi connectivity index (χ2n) is 6.76. The molecule has 1 aliphatic heterocycles. The van der Waals surface area contributed by atoms with E-state index >= 15 is 0 Å². The summed E-state index contributed by atoms with van der Waals surface area (Å²) in [6.45, 7) is 6.41. The Morgan fingerprint density at radius 1 is 1.38 bits per heavy atom. The molecule has 7 nitrogen and oxygen atoms in total. The van der Waals surface area contributed by atoms with E-state index in [0.717, 1.165) is 6.42 Å². The summed E-state index contributed by atoms with van der Waals surface area (Å²) in [6.07, 6.45) is 1.69. The Morgan fingerprint density at radius 3 is 2.48 bits per heavy atom. The summed E-state index contributed by atoms with van der Waals surface area (Å²) in [6, 6.07) is -1.47. The van der Waals surface area contributed by atoms with Gasteiger partial charge in [-0.1, -0.05) is 20.8 Å². The first-order chi connectivity index (χ1) is 9.60. The third-order valence-corrected chi connectivity index (χ3v) is 3.45. The fraction of sp³-hybridized carbons (Fsp3) is 0.786. The number of rotatable bonds is 5. The summed E-state index contributed by atoms with van der Waals surface area (Å²) in [7, 11) is 0. The van der Waals surface area contributed by atoms with Gasteiger partial charge < -0.3 is 21.1 Å². The van der Waals surface area contributed by atoms with E-state index in [0.29, 0.717) is 19.4 Å². The molecule has 1 saturated heterocycles. The molecule has 1 fully saturated rings. The van der Waals surface area contributed by atoms with Crippen LogP contribution in [0.25, 0.3) is 0 Å². The molecule has 0 aliphatic carbocycles. The van der Waals surface area contributed by atoms with Crippen molar-refractivity contribution >= 4 is 17.9 Å². The van der Waals surface area contributed by atoms with E-state index in [1.165, 1.54) is 4.90 Å². The van der Waals surface area contributed by atoms with Crippen molar-refractivity contribution in [2.24, 2.45) is 11.1 Å². The first-order valence-electron chi connectivity index (χ1n) is 7.18. The molecule has 0 radical (unpaired) electrons. The van der Waals surface area contributed by atoms with Gasteiger partial charge in [-0.3, -0.25) is 9.59 Å². The van der Waals surface area contributed by atoms with Gasteiger partial charge in [0.1, 0.15) is 6.04 Å². The van der Waals surface area contributed by atoms with Crippen molar-refractivity contribution in [1.82, 2.24) is 10.2 Å².